The van der Waals surface area contributed by atoms with Crippen molar-refractivity contribution < 1.29 is 0 Å². The maximum atomic E-state index is 3.61. The Morgan fingerprint density at radius 2 is 2.11 bits per heavy atom. The third-order valence-electron chi connectivity index (χ3n) is 3.72. The summed E-state index contributed by atoms with van der Waals surface area (Å²) in [6.45, 7) is 7.00. The van der Waals surface area contributed by atoms with Crippen molar-refractivity contribution in [3.8, 4) is 0 Å². The molecule has 1 saturated heterocycles. The number of unbranched alkanes of at least 4 members (excludes halogenated alkanes) is 1. The minimum Gasteiger partial charge on any atom is -0.313 e. The number of hydrogen-bond acceptors (Lipinski definition) is 2. The summed E-state index contributed by atoms with van der Waals surface area (Å²) in [7, 11) is 0. The molecule has 1 atom stereocenters. The Hall–Kier alpha value is -0.860. The predicted octanol–water partition coefficient (Wildman–Crippen LogP) is 3.04. The van der Waals surface area contributed by atoms with E-state index < -0.39 is 0 Å². The second-order valence-corrected chi connectivity index (χ2v) is 5.37. The van der Waals surface area contributed by atoms with E-state index in [1.54, 1.807) is 0 Å². The van der Waals surface area contributed by atoms with E-state index in [9.17, 15) is 0 Å². The Labute approximate surface area is 111 Å². The number of hydrogen-bond donors (Lipinski definition) is 1. The number of nitrogens with one attached hydrogen (secondary N) is 1. The molecule has 0 bridgehead atoms. The minimum absolute atomic E-state index is 0.713. The van der Waals surface area contributed by atoms with Crippen LogP contribution in [0.5, 0.6) is 0 Å². The fraction of sp³-hybridized carbons (Fsp3) is 0.625. The van der Waals surface area contributed by atoms with Crippen LogP contribution in [0.15, 0.2) is 30.3 Å². The van der Waals surface area contributed by atoms with Crippen molar-refractivity contribution in [2.24, 2.45) is 0 Å². The zero-order chi connectivity index (χ0) is 12.6. The molecule has 0 radical (unpaired) electrons. The van der Waals surface area contributed by atoms with Gasteiger partial charge in [-0.1, -0.05) is 43.7 Å². The molecule has 1 fully saturated rings. The van der Waals surface area contributed by atoms with Crippen LogP contribution in [-0.4, -0.2) is 30.6 Å². The molecule has 1 aliphatic heterocycles. The first kappa shape index (κ1) is 13.6. The smallest absolute Gasteiger partial charge is 0.0234 e. The van der Waals surface area contributed by atoms with Gasteiger partial charge in [0, 0.05) is 19.1 Å². The molecule has 2 heteroatoms. The van der Waals surface area contributed by atoms with E-state index in [1.807, 2.05) is 0 Å². The summed E-state index contributed by atoms with van der Waals surface area (Å²) in [4.78, 5) is 2.61. The van der Waals surface area contributed by atoms with Gasteiger partial charge in [0.15, 0.2) is 0 Å². The molecule has 1 aliphatic rings. The highest BCUT2D eigenvalue weighted by Gasteiger charge is 2.17. The Morgan fingerprint density at radius 1 is 1.28 bits per heavy atom. The van der Waals surface area contributed by atoms with Gasteiger partial charge < -0.3 is 5.32 Å². The fourth-order valence-corrected chi connectivity index (χ4v) is 2.68. The summed E-state index contributed by atoms with van der Waals surface area (Å²) in [5.41, 5.74) is 1.44. The average Bonchev–Trinajstić information content (AvgIpc) is 2.90. The molecule has 100 valence electrons. The first-order valence-electron chi connectivity index (χ1n) is 7.38. The van der Waals surface area contributed by atoms with Gasteiger partial charge in [0.1, 0.15) is 0 Å². The van der Waals surface area contributed by atoms with Gasteiger partial charge in [0.25, 0.3) is 0 Å². The summed E-state index contributed by atoms with van der Waals surface area (Å²) in [5, 5.41) is 3.61. The van der Waals surface area contributed by atoms with Crippen molar-refractivity contribution in [1.82, 2.24) is 10.2 Å². The molecular weight excluding hydrogens is 220 g/mol. The van der Waals surface area contributed by atoms with Gasteiger partial charge in [-0.25, -0.2) is 0 Å². The lowest BCUT2D eigenvalue weighted by molar-refractivity contribution is 0.237. The van der Waals surface area contributed by atoms with Crippen LogP contribution in [0.2, 0.25) is 0 Å². The van der Waals surface area contributed by atoms with Crippen molar-refractivity contribution in [3.05, 3.63) is 35.9 Å². The van der Waals surface area contributed by atoms with Crippen LogP contribution in [-0.2, 0) is 6.54 Å². The molecule has 1 aromatic carbocycles. The summed E-state index contributed by atoms with van der Waals surface area (Å²) in [6.07, 6.45) is 5.28. The molecule has 0 aromatic heterocycles. The monoisotopic (exact) mass is 246 g/mol. The zero-order valence-electron chi connectivity index (χ0n) is 11.6. The molecule has 2 nitrogen and oxygen atoms in total. The quantitative estimate of drug-likeness (QED) is 0.795. The highest BCUT2D eigenvalue weighted by atomic mass is 15.1. The Kier molecular flexibility index (Phi) is 5.69. The van der Waals surface area contributed by atoms with E-state index >= 15 is 0 Å². The Bertz CT molecular complexity index is 317. The lowest BCUT2D eigenvalue weighted by Crippen LogP contribution is -2.37. The molecule has 0 spiro atoms. The van der Waals surface area contributed by atoms with Crippen LogP contribution in [0.1, 0.15) is 38.2 Å². The van der Waals surface area contributed by atoms with E-state index in [-0.39, 0.29) is 0 Å². The second-order valence-electron chi connectivity index (χ2n) is 5.37. The predicted molar refractivity (Wildman–Crippen MR) is 77.7 cm³/mol. The Balaban J connectivity index is 1.87. The second kappa shape index (κ2) is 7.55. The first-order chi connectivity index (χ1) is 8.88. The highest BCUT2D eigenvalue weighted by Crippen LogP contribution is 2.11. The molecule has 0 aliphatic carbocycles. The lowest BCUT2D eigenvalue weighted by Gasteiger charge is -2.25. The normalized spacial score (nSPS) is 19.6. The topological polar surface area (TPSA) is 15.3 Å². The molecule has 0 amide bonds. The van der Waals surface area contributed by atoms with Gasteiger partial charge in [-0.3, -0.25) is 4.90 Å². The highest BCUT2D eigenvalue weighted by molar-refractivity contribution is 5.14. The molecule has 1 unspecified atom stereocenters. The average molecular weight is 246 g/mol. The van der Waals surface area contributed by atoms with E-state index in [0.29, 0.717) is 6.04 Å². The standard InChI is InChI=1S/C16H26N2/c1-2-3-12-18(14-16-10-7-11-17-16)13-15-8-5-4-6-9-15/h4-6,8-9,16-17H,2-3,7,10-14H2,1H3. The largest absolute Gasteiger partial charge is 0.313 e. The van der Waals surface area contributed by atoms with Crippen molar-refractivity contribution in [2.45, 2.75) is 45.2 Å². The maximum absolute atomic E-state index is 3.61. The van der Waals surface area contributed by atoms with Crippen LogP contribution in [0.4, 0.5) is 0 Å². The van der Waals surface area contributed by atoms with Crippen molar-refractivity contribution in [3.63, 3.8) is 0 Å². The fourth-order valence-electron chi connectivity index (χ4n) is 2.68. The zero-order valence-corrected chi connectivity index (χ0v) is 11.6. The molecule has 1 N–H and O–H groups in total. The van der Waals surface area contributed by atoms with Crippen LogP contribution in [0.3, 0.4) is 0 Å². The molecule has 0 saturated carbocycles. The third kappa shape index (κ3) is 4.43. The van der Waals surface area contributed by atoms with Crippen molar-refractivity contribution >= 4 is 0 Å². The first-order valence-corrected chi connectivity index (χ1v) is 7.38. The van der Waals surface area contributed by atoms with Crippen LogP contribution in [0.25, 0.3) is 0 Å². The van der Waals surface area contributed by atoms with Gasteiger partial charge in [0.2, 0.25) is 0 Å². The van der Waals surface area contributed by atoms with E-state index in [1.165, 1.54) is 50.9 Å². The summed E-state index contributed by atoms with van der Waals surface area (Å²) < 4.78 is 0. The molecule has 1 heterocycles. The summed E-state index contributed by atoms with van der Waals surface area (Å²) in [5.74, 6) is 0. The summed E-state index contributed by atoms with van der Waals surface area (Å²) in [6, 6.07) is 11.6. The van der Waals surface area contributed by atoms with Crippen molar-refractivity contribution in [1.29, 1.82) is 0 Å². The Morgan fingerprint density at radius 3 is 2.78 bits per heavy atom. The lowest BCUT2D eigenvalue weighted by atomic mass is 10.1. The van der Waals surface area contributed by atoms with Crippen molar-refractivity contribution in [2.75, 3.05) is 19.6 Å². The molecule has 18 heavy (non-hydrogen) atoms. The van der Waals surface area contributed by atoms with E-state index in [4.69, 9.17) is 0 Å². The van der Waals surface area contributed by atoms with Gasteiger partial charge in [0.05, 0.1) is 0 Å². The van der Waals surface area contributed by atoms with E-state index in [2.05, 4.69) is 47.5 Å². The third-order valence-corrected chi connectivity index (χ3v) is 3.72. The SMILES string of the molecule is CCCCN(Cc1ccccc1)CC1CCCN1. The van der Waals surface area contributed by atoms with Gasteiger partial charge in [-0.15, -0.1) is 0 Å². The minimum atomic E-state index is 0.713. The van der Waals surface area contributed by atoms with Crippen LogP contribution < -0.4 is 5.32 Å². The maximum Gasteiger partial charge on any atom is 0.0234 e. The summed E-state index contributed by atoms with van der Waals surface area (Å²) >= 11 is 0. The van der Waals surface area contributed by atoms with Gasteiger partial charge in [-0.05, 0) is 37.9 Å². The molecule has 1 aromatic rings. The van der Waals surface area contributed by atoms with Gasteiger partial charge in [-0.2, -0.15) is 0 Å². The van der Waals surface area contributed by atoms with E-state index in [0.717, 1.165) is 6.54 Å². The number of benzene rings is 1. The molecule has 2 rings (SSSR count). The molecular formula is C16H26N2. The van der Waals surface area contributed by atoms with Crippen LogP contribution >= 0.6 is 0 Å². The van der Waals surface area contributed by atoms with Gasteiger partial charge >= 0.3 is 0 Å². The number of rotatable bonds is 7. The number of nitrogens with zero attached hydrogens (tertiary/aromatic N) is 1. The van der Waals surface area contributed by atoms with Crippen LogP contribution in [0, 0.1) is 0 Å².